The van der Waals surface area contributed by atoms with Crippen LogP contribution in [0, 0.1) is 6.92 Å². The summed E-state index contributed by atoms with van der Waals surface area (Å²) < 4.78 is 0. The Morgan fingerprint density at radius 2 is 1.67 bits per heavy atom. The maximum absolute atomic E-state index is 3.25. The second-order valence-corrected chi connectivity index (χ2v) is 1.25. The van der Waals surface area contributed by atoms with Crippen molar-refractivity contribution in [1.29, 1.82) is 0 Å². The first-order valence-corrected chi connectivity index (χ1v) is 2.48. The molecule has 9 heavy (non-hydrogen) atoms. The molecule has 0 heterocycles. The third-order valence-electron chi connectivity index (χ3n) is 0.556. The molecule has 0 atom stereocenters. The molecule has 0 nitrogen and oxygen atoms in total. The summed E-state index contributed by atoms with van der Waals surface area (Å²) >= 11 is 0. The summed E-state index contributed by atoms with van der Waals surface area (Å²) in [5.74, 6) is 0. The molecule has 1 aromatic rings. The van der Waals surface area contributed by atoms with E-state index in [0.29, 0.717) is 0 Å². The zero-order chi connectivity index (χ0) is 6.24. The minimum Gasteiger partial charge on any atom is -0.245 e. The number of hydrogen-bond donors (Lipinski definition) is 0. The molecule has 1 heteroatoms. The second kappa shape index (κ2) is 10.6. The Bertz CT molecular complexity index is 90.9. The SMILES string of the molecule is C=C[CH2-].[Pd+2].c1cc[cH-]c1. The van der Waals surface area contributed by atoms with E-state index in [0.717, 1.165) is 0 Å². The standard InChI is InChI=1S/C5H5.C3H5.Pd/c1-2-4-5-3-1;1-3-2;/h1-5H;3H,1-2H2;/q2*-1;+2. The van der Waals surface area contributed by atoms with Gasteiger partial charge in [0.05, 0.1) is 0 Å². The van der Waals surface area contributed by atoms with Gasteiger partial charge in [-0.15, -0.1) is 0 Å². The monoisotopic (exact) mass is 212 g/mol. The molecule has 52 valence electrons. The average Bonchev–Trinajstić information content (AvgIpc) is 2.17. The summed E-state index contributed by atoms with van der Waals surface area (Å²) in [5.41, 5.74) is 0. The van der Waals surface area contributed by atoms with Crippen molar-refractivity contribution in [3.05, 3.63) is 49.9 Å². The fourth-order valence-corrected chi connectivity index (χ4v) is 0.321. The van der Waals surface area contributed by atoms with Gasteiger partial charge >= 0.3 is 20.4 Å². The predicted octanol–water partition coefficient (Wildman–Crippen LogP) is 2.41. The molecule has 0 aromatic heterocycles. The Kier molecular flexibility index (Phi) is 13.4. The van der Waals surface area contributed by atoms with E-state index >= 15 is 0 Å². The molecule has 0 fully saturated rings. The van der Waals surface area contributed by atoms with Crippen molar-refractivity contribution in [2.24, 2.45) is 0 Å². The smallest absolute Gasteiger partial charge is 0.245 e. The molecule has 1 rings (SSSR count). The van der Waals surface area contributed by atoms with E-state index in [1.807, 2.05) is 30.3 Å². The van der Waals surface area contributed by atoms with Gasteiger partial charge in [0.15, 0.2) is 0 Å². The Balaban J connectivity index is 0. The topological polar surface area (TPSA) is 0 Å². The second-order valence-electron chi connectivity index (χ2n) is 1.25. The van der Waals surface area contributed by atoms with Gasteiger partial charge in [-0.3, -0.25) is 0 Å². The molecule has 0 radical (unpaired) electrons. The third kappa shape index (κ3) is 11.3. The normalized spacial score (nSPS) is 5.78. The van der Waals surface area contributed by atoms with Crippen LogP contribution < -0.4 is 0 Å². The van der Waals surface area contributed by atoms with Gasteiger partial charge in [-0.05, 0) is 0 Å². The van der Waals surface area contributed by atoms with Crippen LogP contribution >= 0.6 is 0 Å². The molecule has 1 aromatic carbocycles. The molecule has 0 bridgehead atoms. The molecule has 0 saturated heterocycles. The van der Waals surface area contributed by atoms with Gasteiger partial charge in [0.2, 0.25) is 0 Å². The van der Waals surface area contributed by atoms with Crippen molar-refractivity contribution in [2.45, 2.75) is 0 Å². The van der Waals surface area contributed by atoms with E-state index in [9.17, 15) is 0 Å². The zero-order valence-corrected chi connectivity index (χ0v) is 6.75. The molecule has 0 aliphatic carbocycles. The summed E-state index contributed by atoms with van der Waals surface area (Å²) in [6, 6.07) is 10.0. The largest absolute Gasteiger partial charge is 2.00 e. The predicted molar refractivity (Wildman–Crippen MR) is 37.6 cm³/mol. The van der Waals surface area contributed by atoms with Gasteiger partial charge < -0.3 is 0 Å². The van der Waals surface area contributed by atoms with E-state index in [-0.39, 0.29) is 20.4 Å². The summed E-state index contributed by atoms with van der Waals surface area (Å²) in [5, 5.41) is 0. The summed E-state index contributed by atoms with van der Waals surface area (Å²) in [4.78, 5) is 0. The minimum atomic E-state index is 0. The summed E-state index contributed by atoms with van der Waals surface area (Å²) in [6.45, 7) is 6.50. The molecule has 0 aliphatic rings. The Morgan fingerprint density at radius 1 is 1.33 bits per heavy atom. The van der Waals surface area contributed by atoms with Crippen molar-refractivity contribution in [2.75, 3.05) is 0 Å². The van der Waals surface area contributed by atoms with Gasteiger partial charge in [0.25, 0.3) is 0 Å². The molecule has 0 unspecified atom stereocenters. The number of rotatable bonds is 0. The molecule has 0 saturated carbocycles. The summed E-state index contributed by atoms with van der Waals surface area (Å²) in [6.07, 6.45) is 1.50. The van der Waals surface area contributed by atoms with E-state index in [4.69, 9.17) is 0 Å². The van der Waals surface area contributed by atoms with E-state index < -0.39 is 0 Å². The van der Waals surface area contributed by atoms with Crippen LogP contribution in [0.2, 0.25) is 0 Å². The van der Waals surface area contributed by atoms with Crippen molar-refractivity contribution in [3.63, 3.8) is 0 Å². The van der Waals surface area contributed by atoms with Gasteiger partial charge in [0.1, 0.15) is 0 Å². The summed E-state index contributed by atoms with van der Waals surface area (Å²) in [7, 11) is 0. The molecule has 0 spiro atoms. The van der Waals surface area contributed by atoms with Crippen LogP contribution in [0.25, 0.3) is 0 Å². The number of allylic oxidation sites excluding steroid dienone is 1. The minimum absolute atomic E-state index is 0. The quantitative estimate of drug-likeness (QED) is 0.458. The third-order valence-corrected chi connectivity index (χ3v) is 0.556. The van der Waals surface area contributed by atoms with Gasteiger partial charge in [0, 0.05) is 0 Å². The fraction of sp³-hybridized carbons (Fsp3) is 0. The van der Waals surface area contributed by atoms with Crippen LogP contribution in [0.15, 0.2) is 43.0 Å². The zero-order valence-electron chi connectivity index (χ0n) is 5.19. The van der Waals surface area contributed by atoms with Crippen LogP contribution in [-0.4, -0.2) is 0 Å². The van der Waals surface area contributed by atoms with Crippen molar-refractivity contribution >= 4 is 0 Å². The van der Waals surface area contributed by atoms with E-state index in [2.05, 4.69) is 13.5 Å². The molecular weight excluding hydrogens is 203 g/mol. The Labute approximate surface area is 70.6 Å². The van der Waals surface area contributed by atoms with Crippen LogP contribution in [0.3, 0.4) is 0 Å². The fourth-order valence-electron chi connectivity index (χ4n) is 0.321. The molecule has 0 aliphatic heterocycles. The maximum Gasteiger partial charge on any atom is 2.00 e. The van der Waals surface area contributed by atoms with Crippen molar-refractivity contribution < 1.29 is 20.4 Å². The van der Waals surface area contributed by atoms with Crippen LogP contribution in [0.1, 0.15) is 0 Å². The molecule has 0 N–H and O–H groups in total. The van der Waals surface area contributed by atoms with Gasteiger partial charge in [-0.2, -0.15) is 18.2 Å². The van der Waals surface area contributed by atoms with E-state index in [1.165, 1.54) is 6.08 Å². The van der Waals surface area contributed by atoms with E-state index in [1.54, 1.807) is 0 Å². The van der Waals surface area contributed by atoms with Crippen LogP contribution in [0.4, 0.5) is 0 Å². The number of hydrogen-bond acceptors (Lipinski definition) is 0. The molecule has 0 amide bonds. The average molecular weight is 213 g/mol. The Hall–Kier alpha value is -0.378. The first-order chi connectivity index (χ1) is 3.91. The first-order valence-electron chi connectivity index (χ1n) is 2.48. The van der Waals surface area contributed by atoms with Crippen LogP contribution in [-0.2, 0) is 20.4 Å². The first kappa shape index (κ1) is 11.4. The molecular formula is C8H10Pd. The van der Waals surface area contributed by atoms with Crippen molar-refractivity contribution in [3.8, 4) is 0 Å². The Morgan fingerprint density at radius 3 is 1.78 bits per heavy atom. The van der Waals surface area contributed by atoms with Gasteiger partial charge in [-0.25, -0.2) is 31.7 Å². The maximum atomic E-state index is 3.25. The van der Waals surface area contributed by atoms with Crippen molar-refractivity contribution in [1.82, 2.24) is 0 Å². The van der Waals surface area contributed by atoms with Crippen LogP contribution in [0.5, 0.6) is 0 Å². The van der Waals surface area contributed by atoms with Gasteiger partial charge in [-0.1, -0.05) is 0 Å².